The molecular weight excluding hydrogens is 258 g/mol. The predicted octanol–water partition coefficient (Wildman–Crippen LogP) is 2.77. The van der Waals surface area contributed by atoms with Gasteiger partial charge in [0.2, 0.25) is 0 Å². The van der Waals surface area contributed by atoms with E-state index < -0.39 is 0 Å². The van der Waals surface area contributed by atoms with Gasteiger partial charge < -0.3 is 9.47 Å². The molecule has 1 aliphatic heterocycles. The average molecular weight is 275 g/mol. The number of hydrogen-bond acceptors (Lipinski definition) is 3. The molecule has 3 rings (SSSR count). The van der Waals surface area contributed by atoms with Crippen LogP contribution < -0.4 is 0 Å². The van der Waals surface area contributed by atoms with Crippen molar-refractivity contribution in [2.75, 3.05) is 6.54 Å². The van der Waals surface area contributed by atoms with E-state index in [2.05, 4.69) is 4.98 Å². The number of thiophene rings is 1. The van der Waals surface area contributed by atoms with Gasteiger partial charge in [0.05, 0.1) is 17.3 Å². The van der Waals surface area contributed by atoms with Crippen LogP contribution in [0, 0.1) is 6.92 Å². The Morgan fingerprint density at radius 3 is 3.00 bits per heavy atom. The third-order valence-electron chi connectivity index (χ3n) is 3.61. The molecule has 1 saturated heterocycles. The highest BCUT2D eigenvalue weighted by atomic mass is 32.1. The van der Waals surface area contributed by atoms with Crippen molar-refractivity contribution in [2.45, 2.75) is 25.8 Å². The molecule has 100 valence electrons. The zero-order chi connectivity index (χ0) is 13.4. The van der Waals surface area contributed by atoms with Crippen LogP contribution in [-0.4, -0.2) is 26.9 Å². The summed E-state index contributed by atoms with van der Waals surface area (Å²) >= 11 is 1.56. The minimum absolute atomic E-state index is 0.117. The molecule has 0 N–H and O–H groups in total. The van der Waals surface area contributed by atoms with E-state index in [-0.39, 0.29) is 11.9 Å². The van der Waals surface area contributed by atoms with Crippen LogP contribution in [-0.2, 0) is 7.05 Å². The summed E-state index contributed by atoms with van der Waals surface area (Å²) in [5.41, 5.74) is 1.80. The minimum atomic E-state index is 0.117. The standard InChI is InChI=1S/C14H17N3OS/c1-10-8-16(2)13(15-10)12-4-3-6-17(12)14(18)11-5-7-19-9-11/h5,7-9,12H,3-4,6H2,1-2H3. The monoisotopic (exact) mass is 275 g/mol. The fourth-order valence-electron chi connectivity index (χ4n) is 2.77. The Hall–Kier alpha value is -1.62. The van der Waals surface area contributed by atoms with Crippen molar-refractivity contribution < 1.29 is 4.79 Å². The molecule has 0 aliphatic carbocycles. The second-order valence-electron chi connectivity index (χ2n) is 5.02. The van der Waals surface area contributed by atoms with Crippen LogP contribution in [0.15, 0.2) is 23.0 Å². The molecule has 2 aromatic heterocycles. The van der Waals surface area contributed by atoms with Crippen LogP contribution in [0.1, 0.15) is 40.8 Å². The molecule has 3 heterocycles. The van der Waals surface area contributed by atoms with Gasteiger partial charge in [-0.1, -0.05) is 0 Å². The van der Waals surface area contributed by atoms with Gasteiger partial charge in [0.25, 0.3) is 5.91 Å². The van der Waals surface area contributed by atoms with E-state index in [9.17, 15) is 4.79 Å². The zero-order valence-electron chi connectivity index (χ0n) is 11.2. The molecule has 0 saturated carbocycles. The lowest BCUT2D eigenvalue weighted by Crippen LogP contribution is -2.31. The number of carbonyl (C=O) groups is 1. The SMILES string of the molecule is Cc1cn(C)c(C2CCCN2C(=O)c2ccsc2)n1. The molecule has 1 amide bonds. The van der Waals surface area contributed by atoms with Gasteiger partial charge in [-0.05, 0) is 31.2 Å². The van der Waals surface area contributed by atoms with Crippen molar-refractivity contribution in [3.8, 4) is 0 Å². The Balaban J connectivity index is 1.90. The van der Waals surface area contributed by atoms with Crippen molar-refractivity contribution in [1.29, 1.82) is 0 Å². The van der Waals surface area contributed by atoms with Crippen molar-refractivity contribution >= 4 is 17.2 Å². The van der Waals surface area contributed by atoms with Crippen LogP contribution in [0.3, 0.4) is 0 Å². The van der Waals surface area contributed by atoms with Gasteiger partial charge in [-0.25, -0.2) is 4.98 Å². The number of aromatic nitrogens is 2. The second-order valence-corrected chi connectivity index (χ2v) is 5.80. The van der Waals surface area contributed by atoms with E-state index in [1.165, 1.54) is 0 Å². The lowest BCUT2D eigenvalue weighted by molar-refractivity contribution is 0.0728. The summed E-state index contributed by atoms with van der Waals surface area (Å²) in [7, 11) is 2.00. The molecule has 2 aromatic rings. The lowest BCUT2D eigenvalue weighted by Gasteiger charge is -2.24. The fraction of sp³-hybridized carbons (Fsp3) is 0.429. The van der Waals surface area contributed by atoms with Gasteiger partial charge in [-0.15, -0.1) is 0 Å². The molecule has 1 fully saturated rings. The number of rotatable bonds is 2. The average Bonchev–Trinajstić information content (AvgIpc) is 3.08. The van der Waals surface area contributed by atoms with Crippen molar-refractivity contribution in [3.63, 3.8) is 0 Å². The summed E-state index contributed by atoms with van der Waals surface area (Å²) < 4.78 is 2.04. The highest BCUT2D eigenvalue weighted by molar-refractivity contribution is 7.08. The summed E-state index contributed by atoms with van der Waals surface area (Å²) in [6, 6.07) is 2.01. The topological polar surface area (TPSA) is 38.1 Å². The maximum absolute atomic E-state index is 12.5. The van der Waals surface area contributed by atoms with Crippen LogP contribution in [0.4, 0.5) is 0 Å². The van der Waals surface area contributed by atoms with Gasteiger partial charge in [0, 0.05) is 25.2 Å². The molecule has 0 spiro atoms. The Morgan fingerprint density at radius 2 is 2.37 bits per heavy atom. The van der Waals surface area contributed by atoms with E-state index in [1.54, 1.807) is 11.3 Å². The molecule has 19 heavy (non-hydrogen) atoms. The largest absolute Gasteiger partial charge is 0.336 e. The summed E-state index contributed by atoms with van der Waals surface area (Å²) in [5.74, 6) is 1.13. The number of likely N-dealkylation sites (tertiary alicyclic amines) is 1. The number of carbonyl (C=O) groups excluding carboxylic acids is 1. The Morgan fingerprint density at radius 1 is 1.53 bits per heavy atom. The van der Waals surface area contributed by atoms with Crippen LogP contribution >= 0.6 is 11.3 Å². The van der Waals surface area contributed by atoms with Crippen molar-refractivity contribution in [1.82, 2.24) is 14.5 Å². The molecule has 1 atom stereocenters. The molecule has 1 aliphatic rings. The smallest absolute Gasteiger partial charge is 0.255 e. The van der Waals surface area contributed by atoms with E-state index >= 15 is 0 Å². The quantitative estimate of drug-likeness (QED) is 0.845. The number of aryl methyl sites for hydroxylation is 2. The van der Waals surface area contributed by atoms with E-state index in [0.29, 0.717) is 0 Å². The summed E-state index contributed by atoms with van der Waals surface area (Å²) in [6.07, 6.45) is 4.06. The van der Waals surface area contributed by atoms with E-state index in [4.69, 9.17) is 0 Å². The Bertz CT molecular complexity index is 588. The van der Waals surface area contributed by atoms with Gasteiger partial charge in [0.15, 0.2) is 0 Å². The first-order chi connectivity index (χ1) is 9.16. The van der Waals surface area contributed by atoms with Crippen molar-refractivity contribution in [3.05, 3.63) is 40.1 Å². The number of hydrogen-bond donors (Lipinski definition) is 0. The van der Waals surface area contributed by atoms with Gasteiger partial charge in [-0.3, -0.25) is 4.79 Å². The number of imidazole rings is 1. The van der Waals surface area contributed by atoms with Gasteiger partial charge in [-0.2, -0.15) is 11.3 Å². The molecule has 0 radical (unpaired) electrons. The normalized spacial score (nSPS) is 19.1. The maximum atomic E-state index is 12.5. The molecule has 5 heteroatoms. The molecule has 0 bridgehead atoms. The summed E-state index contributed by atoms with van der Waals surface area (Å²) in [6.45, 7) is 2.81. The molecule has 1 unspecified atom stereocenters. The van der Waals surface area contributed by atoms with E-state index in [0.717, 1.165) is 36.5 Å². The van der Waals surface area contributed by atoms with E-state index in [1.807, 2.05) is 46.5 Å². The lowest BCUT2D eigenvalue weighted by atomic mass is 10.2. The van der Waals surface area contributed by atoms with Gasteiger partial charge in [0.1, 0.15) is 5.82 Å². The highest BCUT2D eigenvalue weighted by Crippen LogP contribution is 2.32. The third kappa shape index (κ3) is 2.18. The predicted molar refractivity (Wildman–Crippen MR) is 75.3 cm³/mol. The zero-order valence-corrected chi connectivity index (χ0v) is 12.0. The minimum Gasteiger partial charge on any atom is -0.336 e. The van der Waals surface area contributed by atoms with Crippen molar-refractivity contribution in [2.24, 2.45) is 7.05 Å². The first-order valence-corrected chi connectivity index (χ1v) is 7.44. The molecule has 0 aromatic carbocycles. The second kappa shape index (κ2) is 4.81. The van der Waals surface area contributed by atoms with Gasteiger partial charge >= 0.3 is 0 Å². The summed E-state index contributed by atoms with van der Waals surface area (Å²) in [4.78, 5) is 19.0. The molecule has 4 nitrogen and oxygen atoms in total. The van der Waals surface area contributed by atoms with Crippen LogP contribution in [0.25, 0.3) is 0 Å². The Kier molecular flexibility index (Phi) is 3.14. The van der Waals surface area contributed by atoms with Crippen LogP contribution in [0.5, 0.6) is 0 Å². The first-order valence-electron chi connectivity index (χ1n) is 6.50. The third-order valence-corrected chi connectivity index (χ3v) is 4.30. The Labute approximate surface area is 116 Å². The molecular formula is C14H17N3OS. The maximum Gasteiger partial charge on any atom is 0.255 e. The number of nitrogens with zero attached hydrogens (tertiary/aromatic N) is 3. The van der Waals surface area contributed by atoms with Crippen LogP contribution in [0.2, 0.25) is 0 Å². The fourth-order valence-corrected chi connectivity index (χ4v) is 3.40. The number of amides is 1. The highest BCUT2D eigenvalue weighted by Gasteiger charge is 2.33. The summed E-state index contributed by atoms with van der Waals surface area (Å²) in [5, 5.41) is 3.87. The first kappa shape index (κ1) is 12.4.